The fourth-order valence-electron chi connectivity index (χ4n) is 5.09. The maximum absolute atomic E-state index is 13.1. The average molecular weight is 523 g/mol. The van der Waals surface area contributed by atoms with Crippen molar-refractivity contribution < 1.29 is 19.1 Å². The van der Waals surface area contributed by atoms with Crippen LogP contribution in [0.4, 0.5) is 11.4 Å². The molecule has 0 spiro atoms. The third-order valence-corrected chi connectivity index (χ3v) is 8.16. The number of nitrogens with zero attached hydrogens (tertiary/aromatic N) is 2. The summed E-state index contributed by atoms with van der Waals surface area (Å²) in [5, 5.41) is 7.41. The highest BCUT2D eigenvalue weighted by Gasteiger charge is 2.30. The van der Waals surface area contributed by atoms with E-state index >= 15 is 0 Å². The van der Waals surface area contributed by atoms with E-state index in [2.05, 4.69) is 22.8 Å². The molecule has 2 saturated heterocycles. The van der Waals surface area contributed by atoms with Gasteiger partial charge in [-0.3, -0.25) is 4.79 Å². The minimum absolute atomic E-state index is 0.145. The molecule has 3 aromatic rings. The van der Waals surface area contributed by atoms with Crippen LogP contribution in [0.25, 0.3) is 11.0 Å². The molecule has 0 unspecified atom stereocenters. The van der Waals surface area contributed by atoms with Gasteiger partial charge in [-0.05, 0) is 55.2 Å². The number of benzene rings is 1. The predicted molar refractivity (Wildman–Crippen MR) is 147 cm³/mol. The molecule has 2 aliphatic heterocycles. The summed E-state index contributed by atoms with van der Waals surface area (Å²) >= 11 is 1.98. The maximum atomic E-state index is 13.1. The first kappa shape index (κ1) is 25.6. The van der Waals surface area contributed by atoms with E-state index in [1.807, 2.05) is 46.8 Å². The topological polar surface area (TPSA) is 94.5 Å². The molecule has 1 aromatic carbocycles. The van der Waals surface area contributed by atoms with E-state index in [0.29, 0.717) is 49.2 Å². The summed E-state index contributed by atoms with van der Waals surface area (Å²) in [6.45, 7) is 1.52. The van der Waals surface area contributed by atoms with Crippen molar-refractivity contribution in [2.45, 2.75) is 44.7 Å². The molecule has 0 bridgehead atoms. The van der Waals surface area contributed by atoms with Crippen LogP contribution in [0.5, 0.6) is 0 Å². The Labute approximate surface area is 221 Å². The first-order valence-corrected chi connectivity index (χ1v) is 14.2. The Kier molecular flexibility index (Phi) is 8.31. The van der Waals surface area contributed by atoms with Crippen molar-refractivity contribution in [3.8, 4) is 0 Å². The molecule has 2 N–H and O–H groups in total. The Bertz CT molecular complexity index is 1230. The lowest BCUT2D eigenvalue weighted by molar-refractivity contribution is -0.119. The van der Waals surface area contributed by atoms with Gasteiger partial charge in [0.15, 0.2) is 5.69 Å². The number of carbonyl (C=O) groups is 2. The second-order valence-electron chi connectivity index (χ2n) is 9.63. The standard InChI is InChI=1S/C28H34N4O4S/c1-35-28(34)25-24(31-27(33)20-9-13-36-18-20)23-16-22(30-21-10-14-37-15-11-21)17-29-26(23)32(25)12-5-8-19-6-3-2-4-7-19/h2-4,6-7,16-17,20-21,30H,5,8-15,18H2,1H3,(H,31,33)/t20-/m1/s1. The Morgan fingerprint density at radius 2 is 2.00 bits per heavy atom. The molecule has 5 rings (SSSR count). The van der Waals surface area contributed by atoms with Crippen LogP contribution in [0, 0.1) is 5.92 Å². The number of aryl methyl sites for hydroxylation is 2. The number of hydrogen-bond donors (Lipinski definition) is 2. The first-order valence-electron chi connectivity index (χ1n) is 13.0. The SMILES string of the molecule is COC(=O)c1c(NC(=O)[C@@H]2CCOC2)c2cc(NC3CCSCC3)cnc2n1CCCc1ccccc1. The molecule has 2 aromatic heterocycles. The Hall–Kier alpha value is -3.04. The summed E-state index contributed by atoms with van der Waals surface area (Å²) in [4.78, 5) is 31.0. The highest BCUT2D eigenvalue weighted by molar-refractivity contribution is 7.99. The van der Waals surface area contributed by atoms with E-state index in [-0.39, 0.29) is 11.8 Å². The van der Waals surface area contributed by atoms with Crippen molar-refractivity contribution in [2.24, 2.45) is 5.92 Å². The van der Waals surface area contributed by atoms with Gasteiger partial charge in [-0.15, -0.1) is 0 Å². The van der Waals surface area contributed by atoms with Gasteiger partial charge in [-0.1, -0.05) is 30.3 Å². The van der Waals surface area contributed by atoms with Crippen LogP contribution in [0.2, 0.25) is 0 Å². The van der Waals surface area contributed by atoms with E-state index in [1.54, 1.807) is 0 Å². The van der Waals surface area contributed by atoms with Gasteiger partial charge in [0.25, 0.3) is 0 Å². The number of carbonyl (C=O) groups excluding carboxylic acids is 2. The molecular weight excluding hydrogens is 488 g/mol. The average Bonchev–Trinajstić information content (AvgIpc) is 3.57. The number of rotatable bonds is 9. The van der Waals surface area contributed by atoms with Gasteiger partial charge >= 0.3 is 5.97 Å². The van der Waals surface area contributed by atoms with Crippen LogP contribution in [-0.4, -0.2) is 59.3 Å². The molecule has 2 aliphatic rings. The second-order valence-corrected chi connectivity index (χ2v) is 10.9. The van der Waals surface area contributed by atoms with Crippen LogP contribution < -0.4 is 10.6 Å². The lowest BCUT2D eigenvalue weighted by Gasteiger charge is -2.23. The van der Waals surface area contributed by atoms with Crippen molar-refractivity contribution in [1.82, 2.24) is 9.55 Å². The minimum Gasteiger partial charge on any atom is -0.464 e. The fraction of sp³-hybridized carbons (Fsp3) is 0.464. The van der Waals surface area contributed by atoms with E-state index in [4.69, 9.17) is 14.5 Å². The predicted octanol–water partition coefficient (Wildman–Crippen LogP) is 4.74. The number of amides is 1. The van der Waals surface area contributed by atoms with E-state index in [1.165, 1.54) is 12.7 Å². The van der Waals surface area contributed by atoms with Crippen molar-refractivity contribution in [3.05, 3.63) is 53.9 Å². The van der Waals surface area contributed by atoms with Crippen molar-refractivity contribution in [3.63, 3.8) is 0 Å². The van der Waals surface area contributed by atoms with Crippen LogP contribution in [0.3, 0.4) is 0 Å². The van der Waals surface area contributed by atoms with Gasteiger partial charge in [0, 0.05) is 24.6 Å². The lowest BCUT2D eigenvalue weighted by Crippen LogP contribution is -2.24. The molecule has 1 amide bonds. The molecular formula is C28H34N4O4S. The number of pyridine rings is 1. The highest BCUT2D eigenvalue weighted by atomic mass is 32.2. The van der Waals surface area contributed by atoms with Crippen molar-refractivity contribution in [2.75, 3.05) is 42.5 Å². The second kappa shape index (κ2) is 12.0. The molecule has 4 heterocycles. The van der Waals surface area contributed by atoms with Crippen LogP contribution in [-0.2, 0) is 27.2 Å². The van der Waals surface area contributed by atoms with Crippen LogP contribution in [0.15, 0.2) is 42.6 Å². The zero-order valence-electron chi connectivity index (χ0n) is 21.2. The van der Waals surface area contributed by atoms with Gasteiger partial charge in [0.2, 0.25) is 5.91 Å². The summed E-state index contributed by atoms with van der Waals surface area (Å²) in [6, 6.07) is 12.7. The van der Waals surface area contributed by atoms with Gasteiger partial charge in [-0.2, -0.15) is 11.8 Å². The molecule has 0 saturated carbocycles. The zero-order chi connectivity index (χ0) is 25.6. The van der Waals surface area contributed by atoms with Crippen LogP contribution in [0.1, 0.15) is 41.7 Å². The number of aromatic nitrogens is 2. The number of anilines is 2. The Morgan fingerprint density at radius 1 is 1.19 bits per heavy atom. The van der Waals surface area contributed by atoms with Gasteiger partial charge in [0.1, 0.15) is 5.65 Å². The summed E-state index contributed by atoms with van der Waals surface area (Å²) in [5.74, 6) is 1.41. The number of nitrogens with one attached hydrogen (secondary N) is 2. The van der Waals surface area contributed by atoms with E-state index in [9.17, 15) is 9.59 Å². The summed E-state index contributed by atoms with van der Waals surface area (Å²) in [6.07, 6.45) is 6.36. The highest BCUT2D eigenvalue weighted by Crippen LogP contribution is 2.34. The number of esters is 1. The normalized spacial score (nSPS) is 18.1. The maximum Gasteiger partial charge on any atom is 0.356 e. The monoisotopic (exact) mass is 522 g/mol. The van der Waals surface area contributed by atoms with Crippen LogP contribution >= 0.6 is 11.8 Å². The molecule has 1 atom stereocenters. The molecule has 9 heteroatoms. The zero-order valence-corrected chi connectivity index (χ0v) is 22.0. The molecule has 8 nitrogen and oxygen atoms in total. The van der Waals surface area contributed by atoms with Gasteiger partial charge < -0.3 is 24.7 Å². The van der Waals surface area contributed by atoms with Crippen molar-refractivity contribution in [1.29, 1.82) is 0 Å². The molecule has 2 fully saturated rings. The summed E-state index contributed by atoms with van der Waals surface area (Å²) in [7, 11) is 1.37. The smallest absolute Gasteiger partial charge is 0.356 e. The minimum atomic E-state index is -0.491. The number of fused-ring (bicyclic) bond motifs is 1. The first-order chi connectivity index (χ1) is 18.1. The molecule has 0 radical (unpaired) electrons. The Balaban J connectivity index is 1.50. The lowest BCUT2D eigenvalue weighted by atomic mass is 10.1. The van der Waals surface area contributed by atoms with E-state index in [0.717, 1.165) is 48.3 Å². The van der Waals surface area contributed by atoms with Gasteiger partial charge in [0.05, 0.1) is 37.2 Å². The third kappa shape index (κ3) is 5.93. The largest absolute Gasteiger partial charge is 0.464 e. The third-order valence-electron chi connectivity index (χ3n) is 7.11. The number of thioether (sulfide) groups is 1. The van der Waals surface area contributed by atoms with Gasteiger partial charge in [-0.25, -0.2) is 9.78 Å². The number of ether oxygens (including phenoxy) is 2. The quantitative estimate of drug-likeness (QED) is 0.392. The molecule has 37 heavy (non-hydrogen) atoms. The summed E-state index contributed by atoms with van der Waals surface area (Å²) < 4.78 is 12.5. The molecule has 196 valence electrons. The molecule has 0 aliphatic carbocycles. The number of hydrogen-bond acceptors (Lipinski definition) is 7. The van der Waals surface area contributed by atoms with E-state index < -0.39 is 5.97 Å². The fourth-order valence-corrected chi connectivity index (χ4v) is 6.19. The van der Waals surface area contributed by atoms with Crippen molar-refractivity contribution >= 4 is 46.0 Å². The summed E-state index contributed by atoms with van der Waals surface area (Å²) in [5.41, 5.74) is 3.59. The Morgan fingerprint density at radius 3 is 2.73 bits per heavy atom. The number of methoxy groups -OCH3 is 1.